The van der Waals surface area contributed by atoms with E-state index in [0.29, 0.717) is 6.54 Å². The van der Waals surface area contributed by atoms with Crippen molar-refractivity contribution in [3.8, 4) is 0 Å². The maximum atomic E-state index is 12.3. The van der Waals surface area contributed by atoms with E-state index in [4.69, 9.17) is 0 Å². The molecule has 1 unspecified atom stereocenters. The molecule has 2 N–H and O–H groups in total. The van der Waals surface area contributed by atoms with Gasteiger partial charge in [0.25, 0.3) is 0 Å². The third-order valence-electron chi connectivity index (χ3n) is 3.60. The van der Waals surface area contributed by atoms with Crippen LogP contribution in [0.1, 0.15) is 19.8 Å². The Morgan fingerprint density at radius 2 is 2.10 bits per heavy atom. The van der Waals surface area contributed by atoms with Crippen molar-refractivity contribution in [1.29, 1.82) is 0 Å². The molecule has 1 aromatic rings. The van der Waals surface area contributed by atoms with Gasteiger partial charge >= 0.3 is 0 Å². The van der Waals surface area contributed by atoms with Crippen molar-refractivity contribution >= 4 is 10.0 Å². The first-order chi connectivity index (χ1) is 10.0. The fraction of sp³-hybridized carbons (Fsp3) is 0.769. The van der Waals surface area contributed by atoms with Gasteiger partial charge in [-0.3, -0.25) is 4.68 Å². The summed E-state index contributed by atoms with van der Waals surface area (Å²) in [6.07, 6.45) is 5.39. The number of rotatable bonds is 8. The zero-order chi connectivity index (χ0) is 15.3. The summed E-state index contributed by atoms with van der Waals surface area (Å²) in [5.41, 5.74) is 0. The van der Waals surface area contributed by atoms with Crippen molar-refractivity contribution < 1.29 is 8.42 Å². The molecule has 120 valence electrons. The molecule has 0 aliphatic carbocycles. The van der Waals surface area contributed by atoms with Crippen LogP contribution in [0.3, 0.4) is 0 Å². The lowest BCUT2D eigenvalue weighted by molar-refractivity contribution is 0.313. The van der Waals surface area contributed by atoms with Gasteiger partial charge in [0, 0.05) is 25.3 Å². The van der Waals surface area contributed by atoms with Crippen molar-refractivity contribution in [1.82, 2.24) is 24.7 Å². The molecule has 7 nitrogen and oxygen atoms in total. The van der Waals surface area contributed by atoms with Crippen LogP contribution in [0.5, 0.6) is 0 Å². The summed E-state index contributed by atoms with van der Waals surface area (Å²) in [6.45, 7) is 6.19. The molecule has 1 aromatic heterocycles. The van der Waals surface area contributed by atoms with Crippen molar-refractivity contribution in [2.45, 2.75) is 37.2 Å². The lowest BCUT2D eigenvalue weighted by atomic mass is 10.3. The molecule has 0 bridgehead atoms. The van der Waals surface area contributed by atoms with E-state index in [0.717, 1.165) is 26.2 Å². The van der Waals surface area contributed by atoms with E-state index in [1.165, 1.54) is 19.0 Å². The maximum Gasteiger partial charge on any atom is 0.243 e. The molecule has 0 aromatic carbocycles. The molecular weight excluding hydrogens is 290 g/mol. The smallest absolute Gasteiger partial charge is 0.243 e. The highest BCUT2D eigenvalue weighted by Gasteiger charge is 2.21. The summed E-state index contributed by atoms with van der Waals surface area (Å²) in [4.78, 5) is 2.52. The van der Waals surface area contributed by atoms with E-state index < -0.39 is 10.0 Å². The standard InChI is InChI=1S/C13H25N5O2S/c1-12(10-17-6-3-4-7-17)16-21(19,20)13-9-15-18(11-13)8-5-14-2/h9,11-12,14,16H,3-8,10H2,1-2H3. The number of nitrogens with one attached hydrogen (secondary N) is 2. The Labute approximate surface area is 126 Å². The number of hydrogen-bond acceptors (Lipinski definition) is 5. The van der Waals surface area contributed by atoms with Crippen LogP contribution in [0, 0.1) is 0 Å². The molecule has 1 atom stereocenters. The first-order valence-electron chi connectivity index (χ1n) is 7.43. The number of aromatic nitrogens is 2. The zero-order valence-corrected chi connectivity index (χ0v) is 13.6. The minimum absolute atomic E-state index is 0.103. The highest BCUT2D eigenvalue weighted by Crippen LogP contribution is 2.11. The lowest BCUT2D eigenvalue weighted by Gasteiger charge is -2.20. The average Bonchev–Trinajstić information content (AvgIpc) is 3.06. The van der Waals surface area contributed by atoms with Gasteiger partial charge < -0.3 is 10.2 Å². The summed E-state index contributed by atoms with van der Waals surface area (Å²) in [7, 11) is -1.64. The van der Waals surface area contributed by atoms with E-state index in [9.17, 15) is 8.42 Å². The van der Waals surface area contributed by atoms with Crippen molar-refractivity contribution in [3.05, 3.63) is 12.4 Å². The molecule has 1 fully saturated rings. The topological polar surface area (TPSA) is 79.3 Å². The van der Waals surface area contributed by atoms with Crippen LogP contribution in [0.2, 0.25) is 0 Å². The van der Waals surface area contributed by atoms with Crippen LogP contribution in [0.15, 0.2) is 17.3 Å². The fourth-order valence-corrected chi connectivity index (χ4v) is 3.74. The third-order valence-corrected chi connectivity index (χ3v) is 5.14. The monoisotopic (exact) mass is 315 g/mol. The molecular formula is C13H25N5O2S. The van der Waals surface area contributed by atoms with Crippen molar-refractivity contribution in [2.24, 2.45) is 0 Å². The van der Waals surface area contributed by atoms with E-state index in [2.05, 4.69) is 20.0 Å². The molecule has 1 saturated heterocycles. The summed E-state index contributed by atoms with van der Waals surface area (Å²) in [6, 6.07) is -0.103. The van der Waals surface area contributed by atoms with Crippen LogP contribution in [0.25, 0.3) is 0 Å². The van der Waals surface area contributed by atoms with Crippen LogP contribution in [0.4, 0.5) is 0 Å². The Morgan fingerprint density at radius 3 is 2.76 bits per heavy atom. The maximum absolute atomic E-state index is 12.3. The minimum atomic E-state index is -3.49. The Balaban J connectivity index is 1.92. The molecule has 2 rings (SSSR count). The second kappa shape index (κ2) is 7.35. The van der Waals surface area contributed by atoms with Gasteiger partial charge in [-0.25, -0.2) is 13.1 Å². The van der Waals surface area contributed by atoms with Gasteiger partial charge in [-0.05, 0) is 39.9 Å². The quantitative estimate of drug-likeness (QED) is 0.698. The Kier molecular flexibility index (Phi) is 5.74. The number of hydrogen-bond donors (Lipinski definition) is 2. The molecule has 0 saturated carbocycles. The summed E-state index contributed by atoms with van der Waals surface area (Å²) in [5.74, 6) is 0. The SMILES string of the molecule is CNCCn1cc(S(=O)(=O)NC(C)CN2CCCC2)cn1. The van der Waals surface area contributed by atoms with E-state index in [-0.39, 0.29) is 10.9 Å². The largest absolute Gasteiger partial charge is 0.318 e. The van der Waals surface area contributed by atoms with Crippen molar-refractivity contribution in [2.75, 3.05) is 33.2 Å². The predicted octanol–water partition coefficient (Wildman–Crippen LogP) is -0.135. The molecule has 21 heavy (non-hydrogen) atoms. The normalized spacial score (nSPS) is 18.2. The van der Waals surface area contributed by atoms with Gasteiger partial charge in [0.1, 0.15) is 4.90 Å². The minimum Gasteiger partial charge on any atom is -0.318 e. The second-order valence-electron chi connectivity index (χ2n) is 5.57. The van der Waals surface area contributed by atoms with Crippen LogP contribution in [-0.2, 0) is 16.6 Å². The van der Waals surface area contributed by atoms with E-state index in [1.807, 2.05) is 14.0 Å². The predicted molar refractivity (Wildman–Crippen MR) is 81.6 cm³/mol. The van der Waals surface area contributed by atoms with Crippen LogP contribution < -0.4 is 10.0 Å². The first-order valence-corrected chi connectivity index (χ1v) is 8.91. The van der Waals surface area contributed by atoms with Crippen molar-refractivity contribution in [3.63, 3.8) is 0 Å². The van der Waals surface area contributed by atoms with E-state index >= 15 is 0 Å². The fourth-order valence-electron chi connectivity index (χ4n) is 2.55. The molecule has 1 aliphatic heterocycles. The number of sulfonamides is 1. The van der Waals surface area contributed by atoms with Gasteiger partial charge in [0.15, 0.2) is 0 Å². The number of nitrogens with zero attached hydrogens (tertiary/aromatic N) is 3. The number of likely N-dealkylation sites (tertiary alicyclic amines) is 1. The summed E-state index contributed by atoms with van der Waals surface area (Å²) >= 11 is 0. The molecule has 1 aliphatic rings. The molecule has 2 heterocycles. The zero-order valence-electron chi connectivity index (χ0n) is 12.7. The molecule has 8 heteroatoms. The van der Waals surface area contributed by atoms with Crippen LogP contribution in [-0.4, -0.2) is 62.4 Å². The average molecular weight is 315 g/mol. The van der Waals surface area contributed by atoms with Gasteiger partial charge in [0.2, 0.25) is 10.0 Å². The highest BCUT2D eigenvalue weighted by atomic mass is 32.2. The Bertz CT molecular complexity index is 537. The molecule has 0 amide bonds. The highest BCUT2D eigenvalue weighted by molar-refractivity contribution is 7.89. The molecule has 0 spiro atoms. The lowest BCUT2D eigenvalue weighted by Crippen LogP contribution is -2.40. The van der Waals surface area contributed by atoms with Crippen LogP contribution >= 0.6 is 0 Å². The van der Waals surface area contributed by atoms with Gasteiger partial charge in [-0.2, -0.15) is 5.10 Å². The number of likely N-dealkylation sites (N-methyl/N-ethyl adjacent to an activating group) is 1. The van der Waals surface area contributed by atoms with Gasteiger partial charge in [-0.1, -0.05) is 0 Å². The van der Waals surface area contributed by atoms with Gasteiger partial charge in [-0.15, -0.1) is 0 Å². The first kappa shape index (κ1) is 16.4. The Hall–Kier alpha value is -0.960. The third kappa shape index (κ3) is 4.77. The van der Waals surface area contributed by atoms with Gasteiger partial charge in [0.05, 0.1) is 12.7 Å². The van der Waals surface area contributed by atoms with E-state index in [1.54, 1.807) is 10.9 Å². The second-order valence-corrected chi connectivity index (χ2v) is 7.29. The Morgan fingerprint density at radius 1 is 1.38 bits per heavy atom. The summed E-state index contributed by atoms with van der Waals surface area (Å²) in [5, 5.41) is 7.08. The summed E-state index contributed by atoms with van der Waals surface area (Å²) < 4.78 is 29.0. The molecule has 0 radical (unpaired) electrons.